The van der Waals surface area contributed by atoms with Gasteiger partial charge in [-0.25, -0.2) is 8.42 Å². The Morgan fingerprint density at radius 2 is 1.73 bits per heavy atom. The topological polar surface area (TPSA) is 82.2 Å². The third-order valence-corrected chi connectivity index (χ3v) is 7.60. The number of carbonyl (C=O) groups is 1. The number of benzene rings is 1. The molecule has 30 heavy (non-hydrogen) atoms. The summed E-state index contributed by atoms with van der Waals surface area (Å²) < 4.78 is 33.4. The monoisotopic (exact) mass is 438 g/mol. The molecule has 2 aliphatic heterocycles. The molecule has 1 aromatic carbocycles. The summed E-state index contributed by atoms with van der Waals surface area (Å²) in [6.45, 7) is 9.53. The molecular formula is C21H34N4O4S. The van der Waals surface area contributed by atoms with Gasteiger partial charge in [0.25, 0.3) is 0 Å². The number of morpholine rings is 1. The number of hydrogen-bond acceptors (Lipinski definition) is 6. The van der Waals surface area contributed by atoms with Crippen LogP contribution in [0.3, 0.4) is 0 Å². The van der Waals surface area contributed by atoms with Crippen LogP contribution in [0.25, 0.3) is 0 Å². The Morgan fingerprint density at radius 1 is 1.07 bits per heavy atom. The van der Waals surface area contributed by atoms with Crippen LogP contribution in [-0.2, 0) is 19.6 Å². The number of aryl methyl sites for hydroxylation is 1. The highest BCUT2D eigenvalue weighted by atomic mass is 32.2. The smallest absolute Gasteiger partial charge is 0.243 e. The minimum atomic E-state index is -3.64. The third kappa shape index (κ3) is 6.49. The minimum absolute atomic E-state index is 0.0220. The van der Waals surface area contributed by atoms with Gasteiger partial charge in [0.2, 0.25) is 15.9 Å². The summed E-state index contributed by atoms with van der Waals surface area (Å²) in [6.07, 6.45) is 0.940. The number of amides is 1. The van der Waals surface area contributed by atoms with Crippen LogP contribution in [0.15, 0.2) is 29.2 Å². The summed E-state index contributed by atoms with van der Waals surface area (Å²) in [5.41, 5.74) is 1.02. The Hall–Kier alpha value is -1.52. The maximum Gasteiger partial charge on any atom is 0.243 e. The minimum Gasteiger partial charge on any atom is -0.379 e. The van der Waals surface area contributed by atoms with E-state index in [2.05, 4.69) is 10.2 Å². The van der Waals surface area contributed by atoms with E-state index in [0.717, 1.165) is 57.9 Å². The Labute approximate surface area is 180 Å². The van der Waals surface area contributed by atoms with Gasteiger partial charge in [-0.15, -0.1) is 0 Å². The van der Waals surface area contributed by atoms with Crippen LogP contribution in [-0.4, -0.2) is 101 Å². The lowest BCUT2D eigenvalue weighted by molar-refractivity contribution is -0.131. The van der Waals surface area contributed by atoms with Crippen molar-refractivity contribution < 1.29 is 17.9 Å². The highest BCUT2D eigenvalue weighted by molar-refractivity contribution is 7.89. The van der Waals surface area contributed by atoms with Crippen molar-refractivity contribution in [2.75, 3.05) is 72.1 Å². The zero-order chi connectivity index (χ0) is 21.4. The average Bonchev–Trinajstić information content (AvgIpc) is 2.77. The molecule has 3 rings (SSSR count). The van der Waals surface area contributed by atoms with Gasteiger partial charge >= 0.3 is 0 Å². The molecule has 9 heteroatoms. The van der Waals surface area contributed by atoms with Crippen molar-refractivity contribution in [3.8, 4) is 0 Å². The van der Waals surface area contributed by atoms with Gasteiger partial charge in [0, 0.05) is 58.8 Å². The van der Waals surface area contributed by atoms with Crippen LogP contribution in [0.4, 0.5) is 0 Å². The summed E-state index contributed by atoms with van der Waals surface area (Å²) in [4.78, 5) is 17.0. The maximum atomic E-state index is 13.3. The van der Waals surface area contributed by atoms with Crippen LogP contribution in [0.1, 0.15) is 18.4 Å². The molecule has 0 bridgehead atoms. The summed E-state index contributed by atoms with van der Waals surface area (Å²) in [6, 6.07) is 6.92. The first-order chi connectivity index (χ1) is 14.5. The van der Waals surface area contributed by atoms with Gasteiger partial charge in [0.1, 0.15) is 0 Å². The standard InChI is InChI=1S/C21H34N4O4S/c1-19-3-5-20(6-4-19)30(27,28)25(11-2-10-23-15-17-29-18-16-23)12-7-21(26)24-13-8-22-9-14-24/h3-6,22H,2,7-18H2,1H3. The number of hydrogen-bond donors (Lipinski definition) is 1. The zero-order valence-electron chi connectivity index (χ0n) is 17.9. The molecule has 1 amide bonds. The highest BCUT2D eigenvalue weighted by Gasteiger charge is 2.26. The van der Waals surface area contributed by atoms with Crippen molar-refractivity contribution in [2.24, 2.45) is 0 Å². The predicted molar refractivity (Wildman–Crippen MR) is 116 cm³/mol. The van der Waals surface area contributed by atoms with Crippen molar-refractivity contribution in [2.45, 2.75) is 24.7 Å². The molecule has 168 valence electrons. The Bertz CT molecular complexity index is 773. The number of ether oxygens (including phenoxy) is 1. The second kappa shape index (κ2) is 11.2. The Balaban J connectivity index is 1.63. The molecule has 0 saturated carbocycles. The first-order valence-corrected chi connectivity index (χ1v) is 12.3. The van der Waals surface area contributed by atoms with Gasteiger partial charge in [-0.3, -0.25) is 9.69 Å². The van der Waals surface area contributed by atoms with E-state index >= 15 is 0 Å². The fraction of sp³-hybridized carbons (Fsp3) is 0.667. The fourth-order valence-corrected chi connectivity index (χ4v) is 5.28. The SMILES string of the molecule is Cc1ccc(S(=O)(=O)N(CCCN2CCOCC2)CCC(=O)N2CCNCC2)cc1. The van der Waals surface area contributed by atoms with Gasteiger partial charge in [0.15, 0.2) is 0 Å². The van der Waals surface area contributed by atoms with E-state index in [-0.39, 0.29) is 23.8 Å². The number of carbonyl (C=O) groups excluding carboxylic acids is 1. The molecule has 8 nitrogen and oxygen atoms in total. The number of sulfonamides is 1. The maximum absolute atomic E-state index is 13.3. The molecule has 0 spiro atoms. The first kappa shape index (κ1) is 23.1. The van der Waals surface area contributed by atoms with Crippen LogP contribution in [0.2, 0.25) is 0 Å². The highest BCUT2D eigenvalue weighted by Crippen LogP contribution is 2.18. The van der Waals surface area contributed by atoms with Crippen molar-refractivity contribution >= 4 is 15.9 Å². The number of piperazine rings is 1. The van der Waals surface area contributed by atoms with Crippen molar-refractivity contribution in [3.63, 3.8) is 0 Å². The van der Waals surface area contributed by atoms with Gasteiger partial charge in [-0.05, 0) is 32.0 Å². The van der Waals surface area contributed by atoms with Crippen molar-refractivity contribution in [3.05, 3.63) is 29.8 Å². The van der Waals surface area contributed by atoms with Gasteiger partial charge in [-0.1, -0.05) is 17.7 Å². The molecule has 0 atom stereocenters. The van der Waals surface area contributed by atoms with Crippen LogP contribution < -0.4 is 5.32 Å². The lowest BCUT2D eigenvalue weighted by atomic mass is 10.2. The zero-order valence-corrected chi connectivity index (χ0v) is 18.7. The summed E-state index contributed by atoms with van der Waals surface area (Å²) >= 11 is 0. The van der Waals surface area contributed by atoms with Crippen molar-refractivity contribution in [1.29, 1.82) is 0 Å². The molecule has 2 aliphatic rings. The summed E-state index contributed by atoms with van der Waals surface area (Å²) in [7, 11) is -3.64. The van der Waals surface area contributed by atoms with Gasteiger partial charge in [-0.2, -0.15) is 4.31 Å². The normalized spacial score (nSPS) is 18.7. The molecule has 2 heterocycles. The molecule has 1 aromatic rings. The first-order valence-electron chi connectivity index (χ1n) is 10.8. The van der Waals surface area contributed by atoms with E-state index in [0.29, 0.717) is 19.6 Å². The van der Waals surface area contributed by atoms with Crippen molar-refractivity contribution in [1.82, 2.24) is 19.4 Å². The molecule has 0 aromatic heterocycles. The molecule has 0 unspecified atom stereocenters. The van der Waals surface area contributed by atoms with E-state index < -0.39 is 10.0 Å². The van der Waals surface area contributed by atoms with Crippen LogP contribution in [0, 0.1) is 6.92 Å². The number of rotatable bonds is 9. The molecule has 1 N–H and O–H groups in total. The lowest BCUT2D eigenvalue weighted by Gasteiger charge is -2.30. The number of nitrogens with zero attached hydrogens (tertiary/aromatic N) is 3. The Kier molecular flexibility index (Phi) is 8.64. The number of nitrogens with one attached hydrogen (secondary N) is 1. The summed E-state index contributed by atoms with van der Waals surface area (Å²) in [5.74, 6) is 0.0220. The molecule has 2 fully saturated rings. The third-order valence-electron chi connectivity index (χ3n) is 5.69. The summed E-state index contributed by atoms with van der Waals surface area (Å²) in [5, 5.41) is 3.23. The second-order valence-corrected chi connectivity index (χ2v) is 9.84. The molecule has 0 aliphatic carbocycles. The Morgan fingerprint density at radius 3 is 2.40 bits per heavy atom. The average molecular weight is 439 g/mol. The largest absolute Gasteiger partial charge is 0.379 e. The van der Waals surface area contributed by atoms with E-state index in [1.54, 1.807) is 12.1 Å². The van der Waals surface area contributed by atoms with E-state index in [4.69, 9.17) is 4.74 Å². The second-order valence-electron chi connectivity index (χ2n) is 7.91. The van der Waals surface area contributed by atoms with E-state index in [9.17, 15) is 13.2 Å². The van der Waals surface area contributed by atoms with Crippen LogP contribution in [0.5, 0.6) is 0 Å². The van der Waals surface area contributed by atoms with Crippen LogP contribution >= 0.6 is 0 Å². The van der Waals surface area contributed by atoms with Gasteiger partial charge < -0.3 is 15.0 Å². The predicted octanol–water partition coefficient (Wildman–Crippen LogP) is 0.530. The lowest BCUT2D eigenvalue weighted by Crippen LogP contribution is -2.47. The van der Waals surface area contributed by atoms with E-state index in [1.165, 1.54) is 4.31 Å². The molecule has 0 radical (unpaired) electrons. The molecular weight excluding hydrogens is 404 g/mol. The molecule has 2 saturated heterocycles. The quantitative estimate of drug-likeness (QED) is 0.606. The van der Waals surface area contributed by atoms with E-state index in [1.807, 2.05) is 24.0 Å². The van der Waals surface area contributed by atoms with Gasteiger partial charge in [0.05, 0.1) is 18.1 Å². The fourth-order valence-electron chi connectivity index (χ4n) is 3.80.